The molecule has 2 aromatic carbocycles. The summed E-state index contributed by atoms with van der Waals surface area (Å²) in [6, 6.07) is 13.7. The van der Waals surface area contributed by atoms with Crippen LogP contribution in [0.4, 0.5) is 16.2 Å². The van der Waals surface area contributed by atoms with Crippen LogP contribution in [0.15, 0.2) is 48.5 Å². The zero-order valence-corrected chi connectivity index (χ0v) is 16.0. The van der Waals surface area contributed by atoms with Crippen molar-refractivity contribution in [3.63, 3.8) is 0 Å². The van der Waals surface area contributed by atoms with Gasteiger partial charge in [0.15, 0.2) is 0 Å². The number of nitrogens with one attached hydrogen (secondary N) is 1. The molecule has 9 nitrogen and oxygen atoms in total. The third-order valence-electron chi connectivity index (χ3n) is 4.79. The van der Waals surface area contributed by atoms with E-state index in [2.05, 4.69) is 10.1 Å². The van der Waals surface area contributed by atoms with Crippen LogP contribution in [0.2, 0.25) is 0 Å². The van der Waals surface area contributed by atoms with Crippen molar-refractivity contribution in [2.24, 2.45) is 0 Å². The second-order valence-corrected chi connectivity index (χ2v) is 6.57. The first kappa shape index (κ1) is 20.1. The number of esters is 1. The van der Waals surface area contributed by atoms with Crippen molar-refractivity contribution in [2.45, 2.75) is 6.54 Å². The molecule has 0 bridgehead atoms. The van der Waals surface area contributed by atoms with Gasteiger partial charge in [0, 0.05) is 38.8 Å². The van der Waals surface area contributed by atoms with Crippen LogP contribution >= 0.6 is 0 Å². The molecule has 2 aromatic rings. The summed E-state index contributed by atoms with van der Waals surface area (Å²) in [5, 5.41) is 14.4. The molecule has 0 atom stereocenters. The van der Waals surface area contributed by atoms with Crippen LogP contribution in [0, 0.1) is 10.1 Å². The summed E-state index contributed by atoms with van der Waals surface area (Å²) in [5.74, 6) is -0.625. The van der Waals surface area contributed by atoms with Crippen molar-refractivity contribution in [3.8, 4) is 0 Å². The Labute approximate surface area is 168 Å². The monoisotopic (exact) mass is 398 g/mol. The highest BCUT2D eigenvalue weighted by atomic mass is 16.6. The zero-order valence-electron chi connectivity index (χ0n) is 16.0. The third kappa shape index (κ3) is 4.81. The van der Waals surface area contributed by atoms with E-state index >= 15 is 0 Å². The number of nitro groups is 1. The largest absolute Gasteiger partial charge is 0.465 e. The van der Waals surface area contributed by atoms with Crippen molar-refractivity contribution in [1.82, 2.24) is 10.2 Å². The van der Waals surface area contributed by atoms with E-state index < -0.39 is 10.9 Å². The Balaban J connectivity index is 1.62. The average Bonchev–Trinajstić information content (AvgIpc) is 2.77. The van der Waals surface area contributed by atoms with Gasteiger partial charge in [0.25, 0.3) is 5.69 Å². The second-order valence-electron chi connectivity index (χ2n) is 6.57. The maximum absolute atomic E-state index is 12.4. The molecule has 3 rings (SSSR count). The van der Waals surface area contributed by atoms with Crippen LogP contribution in [0.25, 0.3) is 0 Å². The van der Waals surface area contributed by atoms with Crippen LogP contribution in [-0.4, -0.2) is 55.1 Å². The number of piperazine rings is 1. The SMILES string of the molecule is COC(=O)c1ccc(N2CCN(C(=O)NCc3ccccc3)CC2)c([N+](=O)[O-])c1. The summed E-state index contributed by atoms with van der Waals surface area (Å²) < 4.78 is 4.63. The molecule has 0 spiro atoms. The van der Waals surface area contributed by atoms with E-state index in [0.717, 1.165) is 5.56 Å². The fourth-order valence-electron chi connectivity index (χ4n) is 3.22. The second kappa shape index (κ2) is 9.05. The van der Waals surface area contributed by atoms with Crippen molar-refractivity contribution < 1.29 is 19.2 Å². The molecule has 9 heteroatoms. The van der Waals surface area contributed by atoms with Crippen LogP contribution in [0.5, 0.6) is 0 Å². The molecule has 0 aromatic heterocycles. The molecule has 1 heterocycles. The number of rotatable bonds is 5. The number of amides is 2. The van der Waals surface area contributed by atoms with Gasteiger partial charge in [-0.05, 0) is 17.7 Å². The molecule has 29 heavy (non-hydrogen) atoms. The summed E-state index contributed by atoms with van der Waals surface area (Å²) in [6.07, 6.45) is 0. The quantitative estimate of drug-likeness (QED) is 0.471. The van der Waals surface area contributed by atoms with E-state index in [9.17, 15) is 19.7 Å². The molecule has 1 aliphatic heterocycles. The number of carbonyl (C=O) groups excluding carboxylic acids is 2. The molecule has 0 aliphatic carbocycles. The van der Waals surface area contributed by atoms with E-state index in [1.807, 2.05) is 35.2 Å². The van der Waals surface area contributed by atoms with Gasteiger partial charge in [-0.2, -0.15) is 0 Å². The molecule has 0 radical (unpaired) electrons. The Hall–Kier alpha value is -3.62. The number of methoxy groups -OCH3 is 1. The van der Waals surface area contributed by atoms with Gasteiger partial charge < -0.3 is 19.9 Å². The minimum absolute atomic E-state index is 0.127. The normalized spacial score (nSPS) is 13.7. The van der Waals surface area contributed by atoms with E-state index in [1.54, 1.807) is 11.0 Å². The first-order chi connectivity index (χ1) is 14.0. The minimum atomic E-state index is -0.625. The number of ether oxygens (including phenoxy) is 1. The molecule has 2 amide bonds. The van der Waals surface area contributed by atoms with Crippen molar-refractivity contribution in [2.75, 3.05) is 38.2 Å². The fraction of sp³-hybridized carbons (Fsp3) is 0.300. The lowest BCUT2D eigenvalue weighted by molar-refractivity contribution is -0.384. The van der Waals surface area contributed by atoms with Crippen LogP contribution in [0.3, 0.4) is 0 Å². The molecule has 1 saturated heterocycles. The predicted octanol–water partition coefficient (Wildman–Crippen LogP) is 2.41. The Morgan fingerprint density at radius 3 is 2.41 bits per heavy atom. The molecule has 1 fully saturated rings. The molecule has 0 unspecified atom stereocenters. The van der Waals surface area contributed by atoms with E-state index in [1.165, 1.54) is 19.2 Å². The average molecular weight is 398 g/mol. The molecule has 1 aliphatic rings. The van der Waals surface area contributed by atoms with E-state index in [-0.39, 0.29) is 17.3 Å². The molecular weight excluding hydrogens is 376 g/mol. The highest BCUT2D eigenvalue weighted by Crippen LogP contribution is 2.30. The Morgan fingerprint density at radius 1 is 1.10 bits per heavy atom. The summed E-state index contributed by atoms with van der Waals surface area (Å²) >= 11 is 0. The fourth-order valence-corrected chi connectivity index (χ4v) is 3.22. The van der Waals surface area contributed by atoms with Crippen LogP contribution in [-0.2, 0) is 11.3 Å². The van der Waals surface area contributed by atoms with Gasteiger partial charge in [0.2, 0.25) is 0 Å². The maximum Gasteiger partial charge on any atom is 0.338 e. The number of carbonyl (C=O) groups is 2. The number of benzene rings is 2. The number of nitro benzene ring substituents is 1. The van der Waals surface area contributed by atoms with Crippen molar-refractivity contribution in [3.05, 3.63) is 69.8 Å². The predicted molar refractivity (Wildman–Crippen MR) is 107 cm³/mol. The van der Waals surface area contributed by atoms with Gasteiger partial charge in [-0.25, -0.2) is 9.59 Å². The Morgan fingerprint density at radius 2 is 1.79 bits per heavy atom. The third-order valence-corrected chi connectivity index (χ3v) is 4.79. The Bertz CT molecular complexity index is 895. The standard InChI is InChI=1S/C20H22N4O5/c1-29-19(25)16-7-8-17(18(13-16)24(27)28)22-9-11-23(12-10-22)20(26)21-14-15-5-3-2-4-6-15/h2-8,13H,9-12,14H2,1H3,(H,21,26). The van der Waals surface area contributed by atoms with Gasteiger partial charge >= 0.3 is 12.0 Å². The van der Waals surface area contributed by atoms with Gasteiger partial charge in [-0.15, -0.1) is 0 Å². The smallest absolute Gasteiger partial charge is 0.338 e. The van der Waals surface area contributed by atoms with Gasteiger partial charge in [0.05, 0.1) is 17.6 Å². The highest BCUT2D eigenvalue weighted by Gasteiger charge is 2.26. The summed E-state index contributed by atoms with van der Waals surface area (Å²) in [6.45, 7) is 2.24. The number of hydrogen-bond acceptors (Lipinski definition) is 6. The van der Waals surface area contributed by atoms with E-state index in [4.69, 9.17) is 0 Å². The Kier molecular flexibility index (Phi) is 6.28. The summed E-state index contributed by atoms with van der Waals surface area (Å²) in [4.78, 5) is 38.5. The first-order valence-electron chi connectivity index (χ1n) is 9.18. The topological polar surface area (TPSA) is 105 Å². The van der Waals surface area contributed by atoms with Gasteiger partial charge in [0.1, 0.15) is 5.69 Å². The highest BCUT2D eigenvalue weighted by molar-refractivity contribution is 5.91. The minimum Gasteiger partial charge on any atom is -0.465 e. The molecule has 152 valence electrons. The molecular formula is C20H22N4O5. The zero-order chi connectivity index (χ0) is 20.8. The number of nitrogens with zero attached hydrogens (tertiary/aromatic N) is 3. The molecule has 0 saturated carbocycles. The lowest BCUT2D eigenvalue weighted by Gasteiger charge is -2.35. The first-order valence-corrected chi connectivity index (χ1v) is 9.18. The van der Waals surface area contributed by atoms with Gasteiger partial charge in [-0.1, -0.05) is 30.3 Å². The van der Waals surface area contributed by atoms with Gasteiger partial charge in [-0.3, -0.25) is 10.1 Å². The summed E-state index contributed by atoms with van der Waals surface area (Å²) in [5.41, 5.74) is 1.41. The van der Waals surface area contributed by atoms with Crippen LogP contribution < -0.4 is 10.2 Å². The molecule has 1 N–H and O–H groups in total. The lowest BCUT2D eigenvalue weighted by atomic mass is 10.1. The van der Waals surface area contributed by atoms with E-state index in [0.29, 0.717) is 38.4 Å². The maximum atomic E-state index is 12.4. The number of urea groups is 1. The lowest BCUT2D eigenvalue weighted by Crippen LogP contribution is -2.51. The summed E-state index contributed by atoms with van der Waals surface area (Å²) in [7, 11) is 1.23. The van der Waals surface area contributed by atoms with Crippen molar-refractivity contribution >= 4 is 23.4 Å². The van der Waals surface area contributed by atoms with Crippen LogP contribution in [0.1, 0.15) is 15.9 Å². The number of hydrogen-bond donors (Lipinski definition) is 1. The number of anilines is 1. The van der Waals surface area contributed by atoms with Crippen molar-refractivity contribution in [1.29, 1.82) is 0 Å².